The normalized spacial score (nSPS) is 12.6. The van der Waals surface area contributed by atoms with Gasteiger partial charge < -0.3 is 9.88 Å². The number of para-hydroxylation sites is 2. The Morgan fingerprint density at radius 2 is 1.59 bits per heavy atom. The number of carbonyl (C=O) groups excluding carboxylic acids is 2. The van der Waals surface area contributed by atoms with Crippen molar-refractivity contribution in [3.8, 4) is 6.07 Å². The molecule has 1 amide bonds. The average Bonchev–Trinajstić information content (AvgIpc) is 3.16. The molecule has 0 aliphatic rings. The number of nitrogens with one attached hydrogen (secondary N) is 1. The van der Waals surface area contributed by atoms with Gasteiger partial charge in [-0.1, -0.05) is 60.7 Å². The summed E-state index contributed by atoms with van der Waals surface area (Å²) in [4.78, 5) is 30.6. The summed E-state index contributed by atoms with van der Waals surface area (Å²) in [6.07, 6.45) is -0.0238. The first-order valence-corrected chi connectivity index (χ1v) is 10.3. The second-order valence-corrected chi connectivity index (χ2v) is 7.55. The number of rotatable bonds is 7. The number of ketones is 1. The van der Waals surface area contributed by atoms with Gasteiger partial charge in [0.25, 0.3) is 5.91 Å². The summed E-state index contributed by atoms with van der Waals surface area (Å²) in [6.45, 7) is 0. The van der Waals surface area contributed by atoms with Crippen molar-refractivity contribution in [3.63, 3.8) is 0 Å². The molecule has 6 heteroatoms. The number of benzene rings is 3. The Kier molecular flexibility index (Phi) is 6.09. The Morgan fingerprint density at radius 3 is 2.25 bits per heavy atom. The maximum Gasteiger partial charge on any atom is 0.251 e. The predicted octanol–water partition coefficient (Wildman–Crippen LogP) is 4.31. The zero-order chi connectivity index (χ0) is 22.5. The van der Waals surface area contributed by atoms with Gasteiger partial charge in [0.15, 0.2) is 11.7 Å². The number of nitrogens with zero attached hydrogens (tertiary/aromatic N) is 3. The number of imidazole rings is 1. The third-order valence-electron chi connectivity index (χ3n) is 5.48. The fraction of sp³-hybridized carbons (Fsp3) is 0.154. The number of Topliss-reactive ketones (excluding diaryl/α,β-unsaturated/α-hetero) is 1. The first-order chi connectivity index (χ1) is 15.6. The van der Waals surface area contributed by atoms with Crippen LogP contribution in [0.3, 0.4) is 0 Å². The molecule has 2 atom stereocenters. The number of fused-ring (bicyclic) bond motifs is 1. The Bertz CT molecular complexity index is 1290. The van der Waals surface area contributed by atoms with Gasteiger partial charge in [-0.15, -0.1) is 0 Å². The first-order valence-electron chi connectivity index (χ1n) is 10.3. The van der Waals surface area contributed by atoms with Crippen molar-refractivity contribution in [2.45, 2.75) is 18.4 Å². The fourth-order valence-electron chi connectivity index (χ4n) is 3.78. The summed E-state index contributed by atoms with van der Waals surface area (Å²) in [5.74, 6) is -1.20. The molecule has 0 aliphatic carbocycles. The lowest BCUT2D eigenvalue weighted by Crippen LogP contribution is -2.31. The minimum Gasteiger partial charge on any atom is -0.345 e. The summed E-state index contributed by atoms with van der Waals surface area (Å²) in [7, 11) is 1.80. The van der Waals surface area contributed by atoms with Crippen LogP contribution in [-0.2, 0) is 11.8 Å². The molecule has 1 aromatic heterocycles. The van der Waals surface area contributed by atoms with Crippen molar-refractivity contribution in [2.75, 3.05) is 0 Å². The highest BCUT2D eigenvalue weighted by atomic mass is 16.2. The zero-order valence-electron chi connectivity index (χ0n) is 17.6. The molecule has 0 spiro atoms. The number of aromatic nitrogens is 2. The topological polar surface area (TPSA) is 87.8 Å². The number of nitriles is 1. The monoisotopic (exact) mass is 422 g/mol. The highest BCUT2D eigenvalue weighted by molar-refractivity contribution is 5.95. The Hall–Kier alpha value is -4.24. The van der Waals surface area contributed by atoms with Gasteiger partial charge in [-0.05, 0) is 29.8 Å². The molecule has 3 aromatic carbocycles. The maximum atomic E-state index is 13.3. The second kappa shape index (κ2) is 9.27. The van der Waals surface area contributed by atoms with E-state index < -0.39 is 12.0 Å². The van der Waals surface area contributed by atoms with E-state index in [-0.39, 0.29) is 18.1 Å². The molecule has 1 heterocycles. The van der Waals surface area contributed by atoms with E-state index in [1.807, 2.05) is 60.7 Å². The second-order valence-electron chi connectivity index (χ2n) is 7.55. The number of amides is 1. The van der Waals surface area contributed by atoms with Crippen LogP contribution >= 0.6 is 0 Å². The van der Waals surface area contributed by atoms with Crippen LogP contribution < -0.4 is 5.32 Å². The van der Waals surface area contributed by atoms with Crippen LogP contribution in [0, 0.1) is 11.3 Å². The van der Waals surface area contributed by atoms with Crippen LogP contribution in [0.2, 0.25) is 0 Å². The fourth-order valence-corrected chi connectivity index (χ4v) is 3.78. The predicted molar refractivity (Wildman–Crippen MR) is 122 cm³/mol. The molecular weight excluding hydrogens is 400 g/mol. The van der Waals surface area contributed by atoms with Gasteiger partial charge in [-0.2, -0.15) is 5.26 Å². The van der Waals surface area contributed by atoms with E-state index in [4.69, 9.17) is 0 Å². The minimum atomic E-state index is -1.03. The molecule has 0 radical (unpaired) electrons. The highest BCUT2D eigenvalue weighted by Gasteiger charge is 2.29. The molecule has 4 rings (SSSR count). The van der Waals surface area contributed by atoms with Crippen LogP contribution in [0.15, 0.2) is 84.9 Å². The Balaban J connectivity index is 1.62. The van der Waals surface area contributed by atoms with Gasteiger partial charge in [0.2, 0.25) is 0 Å². The minimum absolute atomic E-state index is 0.0238. The maximum absolute atomic E-state index is 13.3. The number of carbonyl (C=O) groups is 2. The standard InChI is InChI=1S/C26H22N4O2/c1-30-23-15-9-8-14-21(23)28-25(30)20(17-27)24(31)16-22(18-10-4-2-5-11-18)29-26(32)19-12-6-3-7-13-19/h2-15,20,22H,16H2,1H3,(H,29,32)/t20-,22+/m0/s1. The molecule has 1 N–H and O–H groups in total. The van der Waals surface area contributed by atoms with Crippen LogP contribution in [-0.4, -0.2) is 21.2 Å². The van der Waals surface area contributed by atoms with E-state index in [0.717, 1.165) is 16.6 Å². The van der Waals surface area contributed by atoms with Crippen LogP contribution in [0.1, 0.15) is 40.1 Å². The molecule has 0 unspecified atom stereocenters. The summed E-state index contributed by atoms with van der Waals surface area (Å²) >= 11 is 0. The SMILES string of the molecule is Cn1c([C@@H](C#N)C(=O)C[C@@H](NC(=O)c2ccccc2)c2ccccc2)nc2ccccc21. The quantitative estimate of drug-likeness (QED) is 0.481. The van der Waals surface area contributed by atoms with Gasteiger partial charge in [0.1, 0.15) is 5.82 Å². The molecule has 32 heavy (non-hydrogen) atoms. The highest BCUT2D eigenvalue weighted by Crippen LogP contribution is 2.26. The van der Waals surface area contributed by atoms with Gasteiger partial charge >= 0.3 is 0 Å². The molecule has 0 bridgehead atoms. The van der Waals surface area contributed by atoms with Crippen LogP contribution in [0.4, 0.5) is 0 Å². The molecule has 0 saturated carbocycles. The van der Waals surface area contributed by atoms with Crippen molar-refractivity contribution in [3.05, 3.63) is 102 Å². The molecule has 0 fully saturated rings. The van der Waals surface area contributed by atoms with E-state index in [1.165, 1.54) is 0 Å². The van der Waals surface area contributed by atoms with Crippen molar-refractivity contribution in [1.29, 1.82) is 5.26 Å². The van der Waals surface area contributed by atoms with E-state index in [1.54, 1.807) is 35.9 Å². The van der Waals surface area contributed by atoms with Gasteiger partial charge in [0, 0.05) is 19.0 Å². The van der Waals surface area contributed by atoms with Crippen LogP contribution in [0.5, 0.6) is 0 Å². The number of aryl methyl sites for hydroxylation is 1. The lowest BCUT2D eigenvalue weighted by molar-refractivity contribution is -0.120. The lowest BCUT2D eigenvalue weighted by atomic mass is 9.94. The van der Waals surface area contributed by atoms with Crippen molar-refractivity contribution in [1.82, 2.24) is 14.9 Å². The Morgan fingerprint density at radius 1 is 0.969 bits per heavy atom. The Labute approximate surface area is 186 Å². The molecule has 158 valence electrons. The van der Waals surface area contributed by atoms with Crippen LogP contribution in [0.25, 0.3) is 11.0 Å². The first kappa shape index (κ1) is 21.0. The van der Waals surface area contributed by atoms with Crippen molar-refractivity contribution < 1.29 is 9.59 Å². The van der Waals surface area contributed by atoms with E-state index >= 15 is 0 Å². The molecular formula is C26H22N4O2. The molecule has 0 saturated heterocycles. The van der Waals surface area contributed by atoms with Gasteiger partial charge in [-0.25, -0.2) is 4.98 Å². The zero-order valence-corrected chi connectivity index (χ0v) is 17.6. The summed E-state index contributed by atoms with van der Waals surface area (Å²) in [5, 5.41) is 12.8. The average molecular weight is 422 g/mol. The molecule has 4 aromatic rings. The van der Waals surface area contributed by atoms with E-state index in [0.29, 0.717) is 11.4 Å². The summed E-state index contributed by atoms with van der Waals surface area (Å²) in [5.41, 5.74) is 2.89. The largest absolute Gasteiger partial charge is 0.345 e. The smallest absolute Gasteiger partial charge is 0.251 e. The lowest BCUT2D eigenvalue weighted by Gasteiger charge is -2.20. The van der Waals surface area contributed by atoms with E-state index in [2.05, 4.69) is 16.4 Å². The number of hydrogen-bond donors (Lipinski definition) is 1. The molecule has 6 nitrogen and oxygen atoms in total. The third-order valence-corrected chi connectivity index (χ3v) is 5.48. The molecule has 0 aliphatic heterocycles. The summed E-state index contributed by atoms with van der Waals surface area (Å²) < 4.78 is 1.78. The summed E-state index contributed by atoms with van der Waals surface area (Å²) in [6, 6.07) is 27.2. The van der Waals surface area contributed by atoms with Crippen molar-refractivity contribution >= 4 is 22.7 Å². The van der Waals surface area contributed by atoms with Gasteiger partial charge in [-0.3, -0.25) is 9.59 Å². The number of hydrogen-bond acceptors (Lipinski definition) is 4. The van der Waals surface area contributed by atoms with E-state index in [9.17, 15) is 14.9 Å². The van der Waals surface area contributed by atoms with Gasteiger partial charge in [0.05, 0.1) is 23.1 Å². The third kappa shape index (κ3) is 4.28. The van der Waals surface area contributed by atoms with Crippen molar-refractivity contribution in [2.24, 2.45) is 7.05 Å².